The second-order valence-corrected chi connectivity index (χ2v) is 36.3. The number of fused-ring (bicyclic) bond motifs is 3. The Morgan fingerprint density at radius 2 is 0.581 bits per heavy atom. The lowest BCUT2D eigenvalue weighted by Crippen LogP contribution is -2.32. The first-order valence-electron chi connectivity index (χ1n) is 36.2. The van der Waals surface area contributed by atoms with Crippen LogP contribution in [0.3, 0.4) is 0 Å². The molecule has 67 heteroatoms. The van der Waals surface area contributed by atoms with Crippen LogP contribution in [0.5, 0.6) is 0 Å². The molecule has 61 nitrogen and oxygen atoms in total. The fourth-order valence-corrected chi connectivity index (χ4v) is 19.3. The van der Waals surface area contributed by atoms with Crippen molar-refractivity contribution < 1.29 is 145 Å². The van der Waals surface area contributed by atoms with Crippen molar-refractivity contribution in [1.29, 1.82) is 0 Å². The van der Waals surface area contributed by atoms with Crippen molar-refractivity contribution >= 4 is 116 Å². The van der Waals surface area contributed by atoms with E-state index in [2.05, 4.69) is 64.3 Å². The predicted molar refractivity (Wildman–Crippen MR) is 405 cm³/mol. The molecule has 9 aromatic rings. The van der Waals surface area contributed by atoms with Crippen LogP contribution in [0.4, 0.5) is 35.3 Å². The second-order valence-electron chi connectivity index (χ2n) is 28.0. The van der Waals surface area contributed by atoms with Crippen LogP contribution >= 0.6 is 46.9 Å². The first-order valence-corrected chi connectivity index (χ1v) is 45.2. The van der Waals surface area contributed by atoms with Gasteiger partial charge >= 0.3 is 64.0 Å². The summed E-state index contributed by atoms with van der Waals surface area (Å²) >= 11 is 0. The number of aliphatic hydroxyl groups excluding tert-OH is 1. The molecule has 0 saturated carbocycles. The van der Waals surface area contributed by atoms with E-state index in [4.69, 9.17) is 108 Å². The summed E-state index contributed by atoms with van der Waals surface area (Å²) in [5.74, 6) is -1.76. The largest absolute Gasteiger partial charge is 0.472 e. The zero-order valence-electron chi connectivity index (χ0n) is 62.8. The Labute approximate surface area is 686 Å². The summed E-state index contributed by atoms with van der Waals surface area (Å²) in [5, 5.41) is 11.0. The highest BCUT2D eigenvalue weighted by Gasteiger charge is 2.52. The van der Waals surface area contributed by atoms with Gasteiger partial charge in [-0.3, -0.25) is 106 Å². The van der Waals surface area contributed by atoms with Gasteiger partial charge in [-0.15, -0.1) is 0 Å². The van der Waals surface area contributed by atoms with E-state index in [9.17, 15) is 95.5 Å². The third-order valence-corrected chi connectivity index (χ3v) is 25.2. The molecule has 6 aliphatic heterocycles. The van der Waals surface area contributed by atoms with Gasteiger partial charge in [0.2, 0.25) is 17.8 Å². The first kappa shape index (κ1) is 89.7. The number of anilines is 6. The molecule has 0 aromatic carbocycles. The molecule has 0 aliphatic carbocycles. The number of hydrogen-bond donors (Lipinski definition) is 17. The minimum absolute atomic E-state index is 0.0157. The summed E-state index contributed by atoms with van der Waals surface area (Å²) in [6.45, 7) is -6.36. The fourth-order valence-electron chi connectivity index (χ4n) is 14.1. The Balaban J connectivity index is 0.634. The van der Waals surface area contributed by atoms with Gasteiger partial charge in [-0.2, -0.15) is 29.9 Å². The number of aromatic nitrogens is 18. The maximum atomic E-state index is 14.5. The number of rotatable bonds is 34. The van der Waals surface area contributed by atoms with Crippen molar-refractivity contribution in [3.63, 3.8) is 0 Å². The van der Waals surface area contributed by atoms with E-state index in [1.54, 1.807) is 0 Å². The SMILES string of the molecule is Nc1ccn([C@H]2C[C@H](OP(=O)(O)OC[C@H]3O[C@@H](n4ccc(N)nc4=O)C[C@@H]3OP(=O)(O)OC[C@H]3O[C@@H](n4cnc5c(=O)[nH]c(N)nc54)C[C@@H]3OP(=O)(O)OC[C@H]3O[C@@H](n4ccc(N)nc4=O)C[C@@H]3OP(=O)(O)OC[C@H]3O[C@@H](n4cnc5c(=O)[nH]c(N)nc54)C[C@@H]3OP(=O)(O)OC[C@H]3O[C@@H](n4cnc5c(=O)[nH]c(N)nc54)C[C@@H]3O)[C@@H](COP(=O)(O)O)O2)c(=O)n1. The number of aromatic amines is 3. The van der Waals surface area contributed by atoms with Gasteiger partial charge < -0.3 is 102 Å². The van der Waals surface area contributed by atoms with Crippen LogP contribution in [-0.4, -0.2) is 239 Å². The molecule has 0 amide bonds. The van der Waals surface area contributed by atoms with Crippen molar-refractivity contribution in [2.24, 2.45) is 0 Å². The zero-order chi connectivity index (χ0) is 88.6. The molecule has 6 fully saturated rings. The number of hydrogen-bond acceptors (Lipinski definition) is 45. The van der Waals surface area contributed by atoms with E-state index in [1.165, 1.54) is 33.7 Å². The van der Waals surface area contributed by atoms with E-state index in [0.29, 0.717) is 0 Å². The van der Waals surface area contributed by atoms with E-state index in [1.807, 2.05) is 0 Å². The number of ether oxygens (including phenoxy) is 6. The minimum Gasteiger partial charge on any atom is -0.390 e. The molecule has 9 aromatic heterocycles. The Hall–Kier alpha value is -9.13. The number of nitrogens with two attached hydrogens (primary N) is 6. The summed E-state index contributed by atoms with van der Waals surface area (Å²) in [4.78, 5) is 196. The van der Waals surface area contributed by atoms with Gasteiger partial charge in [-0.05, 0) is 18.2 Å². The number of aliphatic hydroxyl groups is 1. The molecule has 5 unspecified atom stereocenters. The predicted octanol–water partition coefficient (Wildman–Crippen LogP) is -3.64. The molecule has 23 N–H and O–H groups in total. The average Bonchev–Trinajstić information content (AvgIpc) is 1.63. The van der Waals surface area contributed by atoms with Crippen molar-refractivity contribution in [3.05, 3.63) is 118 Å². The summed E-state index contributed by atoms with van der Waals surface area (Å²) < 4.78 is 184. The van der Waals surface area contributed by atoms with E-state index in [0.717, 1.165) is 49.5 Å². The molecule has 0 spiro atoms. The molecule has 674 valence electrons. The highest BCUT2D eigenvalue weighted by atomic mass is 31.2. The van der Waals surface area contributed by atoms with Crippen LogP contribution in [0, 0.1) is 0 Å². The number of nitrogens with one attached hydrogen (secondary N) is 3. The Bertz CT molecular complexity index is 6230. The first-order chi connectivity index (χ1) is 58.4. The maximum Gasteiger partial charge on any atom is 0.472 e. The maximum absolute atomic E-state index is 14.5. The van der Waals surface area contributed by atoms with Gasteiger partial charge in [0.05, 0.1) is 64.7 Å². The quantitative estimate of drug-likeness (QED) is 0.0173. The highest BCUT2D eigenvalue weighted by Crippen LogP contribution is 2.57. The second kappa shape index (κ2) is 35.2. The highest BCUT2D eigenvalue weighted by molar-refractivity contribution is 7.48. The van der Waals surface area contributed by atoms with Crippen molar-refractivity contribution in [2.75, 3.05) is 74.0 Å². The summed E-state index contributed by atoms with van der Waals surface area (Å²) in [7, 11) is -33.0. The standard InChI is InChI=1S/C57H74N24O37P6/c58-34-1-4-76(55(86)67-34)38-8-23(29(109-38)14-102-119(89,90)91)114-121(94,95)104-15-30-24(9-39(110-30)77-5-2-35(59)68-56(77)87)115-123(98,99)107-18-33-27(12-42(113-33)81-21-66-45-48(81)72-54(63)75-51(45)85)118-124(100,101)105-16-31-25(10-40(111-31)78-6-3-36(60)69-57(78)88)116-122(96,97)106-17-32-26(11-41(112-32)80-20-65-44-47(80)71-53(62)74-50(44)84)117-120(92,93)103-13-28-22(82)7-37(108-28)79-19-64-43-46(79)70-52(61)73-49(43)83/h1-6,19-33,37-42,82H,7-18H2,(H,92,93)(H,94,95)(H,96,97)(H,98,99)(H,100,101)(H2,58,67,86)(H2,59,68,87)(H2,60,69,88)(H2,89,90,91)(H3,61,70,73,83)(H3,62,71,74,84)(H3,63,72,75,85)/t22-,23-,24-,25-,26-,27-,28+,29+,30+,31+,32+,33+,37+,38+,39+,40+,41+,42+/m0/s1. The molecule has 15 rings (SSSR count). The Morgan fingerprint density at radius 3 is 0.839 bits per heavy atom. The third kappa shape index (κ3) is 20.6. The molecule has 6 aliphatic rings. The molecule has 0 bridgehead atoms. The topological polar surface area (TPSA) is 873 Å². The van der Waals surface area contributed by atoms with Crippen LogP contribution in [0.1, 0.15) is 75.9 Å². The Kier molecular flexibility index (Phi) is 25.5. The van der Waals surface area contributed by atoms with E-state index >= 15 is 0 Å². The summed E-state index contributed by atoms with van der Waals surface area (Å²) in [6, 6.07) is 3.53. The average molecular weight is 1870 g/mol. The lowest BCUT2D eigenvalue weighted by atomic mass is 10.2. The van der Waals surface area contributed by atoms with Crippen LogP contribution in [-0.2, 0) is 106 Å². The third-order valence-electron chi connectivity index (χ3n) is 19.6. The van der Waals surface area contributed by atoms with Gasteiger partial charge in [0, 0.05) is 57.1 Å². The van der Waals surface area contributed by atoms with Gasteiger partial charge in [0.1, 0.15) is 122 Å². The van der Waals surface area contributed by atoms with E-state index in [-0.39, 0.29) is 69.3 Å². The Morgan fingerprint density at radius 1 is 0.347 bits per heavy atom. The summed E-state index contributed by atoms with van der Waals surface area (Å²) in [6.07, 6.45) is -24.8. The smallest absolute Gasteiger partial charge is 0.390 e. The van der Waals surface area contributed by atoms with Gasteiger partial charge in [-0.1, -0.05) is 0 Å². The van der Waals surface area contributed by atoms with Crippen LogP contribution < -0.4 is 68.1 Å². The lowest BCUT2D eigenvalue weighted by Gasteiger charge is -2.26. The molecular formula is C57H74N24O37P6. The fraction of sp³-hybridized carbons (Fsp3) is 0.526. The van der Waals surface area contributed by atoms with Gasteiger partial charge in [0.25, 0.3) is 16.7 Å². The molecule has 6 saturated heterocycles. The molecule has 0 radical (unpaired) electrons. The van der Waals surface area contributed by atoms with Crippen molar-refractivity contribution in [2.45, 2.75) is 149 Å². The van der Waals surface area contributed by atoms with Gasteiger partial charge in [0.15, 0.2) is 33.5 Å². The monoisotopic (exact) mass is 1870 g/mol. The molecule has 124 heavy (non-hydrogen) atoms. The number of phosphoric ester groups is 6. The van der Waals surface area contributed by atoms with Crippen LogP contribution in [0.2, 0.25) is 0 Å². The molecule has 15 heterocycles. The van der Waals surface area contributed by atoms with E-state index < -0.39 is 269 Å². The van der Waals surface area contributed by atoms with Crippen LogP contribution in [0.25, 0.3) is 33.5 Å². The normalized spacial score (nSPS) is 29.2. The molecular weight excluding hydrogens is 1800 g/mol. The van der Waals surface area contributed by atoms with Gasteiger partial charge in [-0.25, -0.2) is 56.7 Å². The van der Waals surface area contributed by atoms with Crippen molar-refractivity contribution in [1.82, 2.24) is 87.2 Å². The minimum atomic E-state index is -5.69. The zero-order valence-corrected chi connectivity index (χ0v) is 68.2. The summed E-state index contributed by atoms with van der Waals surface area (Å²) in [5.41, 5.74) is 28.1. The number of phosphoric acid groups is 6. The lowest BCUT2D eigenvalue weighted by molar-refractivity contribution is -0.0647. The number of nitrogens with zero attached hydrogens (tertiary/aromatic N) is 15. The number of H-pyrrole nitrogens is 3. The van der Waals surface area contributed by atoms with Crippen LogP contribution in [0.15, 0.2) is 84.5 Å². The number of nitrogen functional groups attached to an aromatic ring is 6. The molecule has 23 atom stereocenters. The van der Waals surface area contributed by atoms with Crippen molar-refractivity contribution in [3.8, 4) is 0 Å². The number of imidazole rings is 3.